The van der Waals surface area contributed by atoms with Crippen LogP contribution >= 0.6 is 0 Å². The van der Waals surface area contributed by atoms with Crippen molar-refractivity contribution in [2.75, 3.05) is 32.8 Å². The van der Waals surface area contributed by atoms with E-state index in [1.54, 1.807) is 0 Å². The molecule has 1 N–H and O–H groups in total. The third-order valence-electron chi connectivity index (χ3n) is 5.24. The molecule has 1 aromatic heterocycles. The number of piperazine rings is 1. The summed E-state index contributed by atoms with van der Waals surface area (Å²) in [4.78, 5) is 4.91. The van der Waals surface area contributed by atoms with Gasteiger partial charge in [0.05, 0.1) is 13.2 Å². The zero-order valence-corrected chi connectivity index (χ0v) is 16.6. The Morgan fingerprint density at radius 2 is 1.89 bits per heavy atom. The van der Waals surface area contributed by atoms with Crippen molar-refractivity contribution in [1.82, 2.24) is 9.80 Å². The molecule has 0 saturated carbocycles. The van der Waals surface area contributed by atoms with Crippen molar-refractivity contribution >= 4 is 0 Å². The molecule has 2 aromatic rings. The quantitative estimate of drug-likeness (QED) is 0.732. The number of aliphatic hydroxyl groups is 1. The Balaban J connectivity index is 1.64. The van der Waals surface area contributed by atoms with Crippen molar-refractivity contribution in [3.05, 3.63) is 53.5 Å². The first-order valence-corrected chi connectivity index (χ1v) is 10.1. The lowest BCUT2D eigenvalue weighted by molar-refractivity contribution is 0.0461. The number of furan rings is 1. The molecule has 5 heteroatoms. The van der Waals surface area contributed by atoms with Crippen molar-refractivity contribution in [3.8, 4) is 5.75 Å². The molecule has 0 amide bonds. The third-order valence-corrected chi connectivity index (χ3v) is 5.24. The van der Waals surface area contributed by atoms with Crippen LogP contribution in [0.3, 0.4) is 0 Å². The van der Waals surface area contributed by atoms with Gasteiger partial charge in [-0.1, -0.05) is 25.1 Å². The van der Waals surface area contributed by atoms with Crippen LogP contribution < -0.4 is 4.74 Å². The molecule has 5 nitrogen and oxygen atoms in total. The Morgan fingerprint density at radius 1 is 1.07 bits per heavy atom. The molecule has 0 unspecified atom stereocenters. The molecule has 0 bridgehead atoms. The lowest BCUT2D eigenvalue weighted by atomic mass is 10.1. The summed E-state index contributed by atoms with van der Waals surface area (Å²) in [5.41, 5.74) is 1.22. The summed E-state index contributed by atoms with van der Waals surface area (Å²) in [6.07, 6.45) is 1.71. The highest BCUT2D eigenvalue weighted by Gasteiger charge is 2.27. The Bertz CT molecular complexity index is 700. The molecule has 1 aliphatic heterocycles. The van der Waals surface area contributed by atoms with Gasteiger partial charge in [0.2, 0.25) is 0 Å². The summed E-state index contributed by atoms with van der Waals surface area (Å²) in [5.74, 6) is 3.04. The van der Waals surface area contributed by atoms with Crippen molar-refractivity contribution in [1.29, 1.82) is 0 Å². The van der Waals surface area contributed by atoms with Gasteiger partial charge in [-0.15, -0.1) is 0 Å². The molecule has 2 heterocycles. The van der Waals surface area contributed by atoms with Gasteiger partial charge in [0.1, 0.15) is 17.3 Å². The third kappa shape index (κ3) is 5.34. The summed E-state index contributed by atoms with van der Waals surface area (Å²) >= 11 is 0. The van der Waals surface area contributed by atoms with E-state index in [0.29, 0.717) is 12.6 Å². The minimum atomic E-state index is 0.211. The first kappa shape index (κ1) is 19.9. The number of hydrogen-bond acceptors (Lipinski definition) is 5. The van der Waals surface area contributed by atoms with E-state index in [0.717, 1.165) is 62.8 Å². The van der Waals surface area contributed by atoms with Crippen molar-refractivity contribution in [3.63, 3.8) is 0 Å². The van der Waals surface area contributed by atoms with E-state index in [1.807, 2.05) is 19.1 Å². The van der Waals surface area contributed by atoms with Gasteiger partial charge in [-0.25, -0.2) is 0 Å². The van der Waals surface area contributed by atoms with Gasteiger partial charge in [-0.3, -0.25) is 9.80 Å². The number of rotatable bonds is 9. The normalized spacial score (nSPS) is 18.7. The Hall–Kier alpha value is -1.82. The van der Waals surface area contributed by atoms with Crippen LogP contribution in [0.4, 0.5) is 0 Å². The number of hydrogen-bond donors (Lipinski definition) is 1. The second-order valence-corrected chi connectivity index (χ2v) is 7.13. The average molecular weight is 373 g/mol. The first-order valence-electron chi connectivity index (χ1n) is 10.1. The molecule has 148 valence electrons. The number of aliphatic hydroxyl groups excluding tert-OH is 1. The maximum absolute atomic E-state index is 9.56. The fourth-order valence-corrected chi connectivity index (χ4v) is 3.80. The zero-order chi connectivity index (χ0) is 19.1. The predicted octanol–water partition coefficient (Wildman–Crippen LogP) is 3.31. The minimum absolute atomic E-state index is 0.211. The molecule has 3 rings (SSSR count). The molecule has 1 atom stereocenters. The lowest BCUT2D eigenvalue weighted by Gasteiger charge is -2.41. The Morgan fingerprint density at radius 3 is 2.63 bits per heavy atom. The van der Waals surface area contributed by atoms with E-state index in [-0.39, 0.29) is 6.61 Å². The number of ether oxygens (including phenoxy) is 1. The highest BCUT2D eigenvalue weighted by molar-refractivity contribution is 5.33. The van der Waals surface area contributed by atoms with Crippen LogP contribution in [0.15, 0.2) is 40.8 Å². The van der Waals surface area contributed by atoms with Gasteiger partial charge in [0, 0.05) is 50.8 Å². The van der Waals surface area contributed by atoms with Crippen LogP contribution in [-0.2, 0) is 19.5 Å². The molecule has 1 aromatic carbocycles. The van der Waals surface area contributed by atoms with Crippen LogP contribution in [-0.4, -0.2) is 53.8 Å². The smallest absolute Gasteiger partial charge is 0.123 e. The van der Waals surface area contributed by atoms with Crippen molar-refractivity contribution in [2.45, 2.75) is 45.8 Å². The summed E-state index contributed by atoms with van der Waals surface area (Å²) in [6.45, 7) is 9.63. The van der Waals surface area contributed by atoms with Crippen LogP contribution in [0.5, 0.6) is 5.75 Å². The molecule has 0 radical (unpaired) electrons. The molecule has 0 aliphatic carbocycles. The standard InChI is InChI=1S/C22H32N2O3/c1-3-20-9-10-21(27-20)17-23-12-13-24(19(16-23)11-14-25)15-18-7-5-6-8-22(18)26-4-2/h5-10,19,25H,3-4,11-17H2,1-2H3/t19-/m1/s1. The van der Waals surface area contributed by atoms with Gasteiger partial charge in [0.15, 0.2) is 0 Å². The number of benzene rings is 1. The Kier molecular flexibility index (Phi) is 7.33. The average Bonchev–Trinajstić information content (AvgIpc) is 3.13. The highest BCUT2D eigenvalue weighted by Crippen LogP contribution is 2.24. The SMILES string of the molecule is CCOc1ccccc1CN1CCN(Cc2ccc(CC)o2)C[C@H]1CCO. The van der Waals surface area contributed by atoms with Gasteiger partial charge in [-0.2, -0.15) is 0 Å². The van der Waals surface area contributed by atoms with Gasteiger partial charge in [0.25, 0.3) is 0 Å². The topological polar surface area (TPSA) is 49.1 Å². The first-order chi connectivity index (χ1) is 13.2. The lowest BCUT2D eigenvalue weighted by Crippen LogP contribution is -2.52. The maximum Gasteiger partial charge on any atom is 0.123 e. The zero-order valence-electron chi connectivity index (χ0n) is 16.6. The second-order valence-electron chi connectivity index (χ2n) is 7.13. The maximum atomic E-state index is 9.56. The van der Waals surface area contributed by atoms with Crippen LogP contribution in [0.25, 0.3) is 0 Å². The molecule has 1 fully saturated rings. The second kappa shape index (κ2) is 9.93. The van der Waals surface area contributed by atoms with E-state index in [9.17, 15) is 5.11 Å². The van der Waals surface area contributed by atoms with E-state index >= 15 is 0 Å². The number of para-hydroxylation sites is 1. The van der Waals surface area contributed by atoms with Gasteiger partial charge >= 0.3 is 0 Å². The van der Waals surface area contributed by atoms with E-state index in [2.05, 4.69) is 41.0 Å². The fraction of sp³-hybridized carbons (Fsp3) is 0.545. The largest absolute Gasteiger partial charge is 0.494 e. The van der Waals surface area contributed by atoms with E-state index in [1.165, 1.54) is 5.56 Å². The number of nitrogens with zero attached hydrogens (tertiary/aromatic N) is 2. The summed E-state index contributed by atoms with van der Waals surface area (Å²) in [6, 6.07) is 12.8. The van der Waals surface area contributed by atoms with Crippen molar-refractivity contribution in [2.24, 2.45) is 0 Å². The predicted molar refractivity (Wildman–Crippen MR) is 107 cm³/mol. The minimum Gasteiger partial charge on any atom is -0.494 e. The van der Waals surface area contributed by atoms with Crippen LogP contribution in [0.1, 0.15) is 37.4 Å². The van der Waals surface area contributed by atoms with Crippen LogP contribution in [0, 0.1) is 0 Å². The fourth-order valence-electron chi connectivity index (χ4n) is 3.80. The summed E-state index contributed by atoms with van der Waals surface area (Å²) in [7, 11) is 0. The molecular weight excluding hydrogens is 340 g/mol. The van der Waals surface area contributed by atoms with E-state index < -0.39 is 0 Å². The molecule has 1 saturated heterocycles. The highest BCUT2D eigenvalue weighted by atomic mass is 16.5. The summed E-state index contributed by atoms with van der Waals surface area (Å²) < 4.78 is 11.7. The van der Waals surface area contributed by atoms with Gasteiger partial charge < -0.3 is 14.3 Å². The van der Waals surface area contributed by atoms with Crippen LogP contribution in [0.2, 0.25) is 0 Å². The molecule has 0 spiro atoms. The molecule has 1 aliphatic rings. The monoisotopic (exact) mass is 372 g/mol. The number of aryl methyl sites for hydroxylation is 1. The summed E-state index contributed by atoms with van der Waals surface area (Å²) in [5, 5.41) is 9.56. The van der Waals surface area contributed by atoms with Gasteiger partial charge in [-0.05, 0) is 31.5 Å². The Labute approximate surface area is 162 Å². The van der Waals surface area contributed by atoms with Crippen molar-refractivity contribution < 1.29 is 14.3 Å². The molecular formula is C22H32N2O3. The van der Waals surface area contributed by atoms with E-state index in [4.69, 9.17) is 9.15 Å². The molecule has 27 heavy (non-hydrogen) atoms.